The number of hydrazone groups is 1. The van der Waals surface area contributed by atoms with Crippen LogP contribution in [0.5, 0.6) is 0 Å². The van der Waals surface area contributed by atoms with Gasteiger partial charge in [-0.05, 0) is 36.8 Å². The molecule has 28 heavy (non-hydrogen) atoms. The number of hydrogen-bond acceptors (Lipinski definition) is 5. The van der Waals surface area contributed by atoms with Crippen molar-refractivity contribution in [2.24, 2.45) is 5.10 Å². The van der Waals surface area contributed by atoms with E-state index in [2.05, 4.69) is 45.0 Å². The van der Waals surface area contributed by atoms with E-state index in [-0.39, 0.29) is 0 Å². The second kappa shape index (κ2) is 11.3. The number of nitrogens with one attached hydrogen (secondary N) is 3. The van der Waals surface area contributed by atoms with E-state index in [0.717, 1.165) is 83.4 Å². The van der Waals surface area contributed by atoms with Crippen LogP contribution < -0.4 is 20.5 Å². The molecule has 0 amide bonds. The minimum absolute atomic E-state index is 0.571. The lowest BCUT2D eigenvalue weighted by Gasteiger charge is -2.28. The van der Waals surface area contributed by atoms with Crippen LogP contribution in [0.2, 0.25) is 0 Å². The molecule has 0 radical (unpaired) electrons. The summed E-state index contributed by atoms with van der Waals surface area (Å²) in [5.74, 6) is 0. The first-order valence-electron chi connectivity index (χ1n) is 10.1. The van der Waals surface area contributed by atoms with Crippen LogP contribution in [0.25, 0.3) is 0 Å². The highest BCUT2D eigenvalue weighted by molar-refractivity contribution is 7.80. The number of quaternary nitrogens is 1. The van der Waals surface area contributed by atoms with Gasteiger partial charge in [-0.1, -0.05) is 12.1 Å². The van der Waals surface area contributed by atoms with Crippen LogP contribution in [0.3, 0.4) is 0 Å². The van der Waals surface area contributed by atoms with Gasteiger partial charge in [0.25, 0.3) is 0 Å². The molecule has 0 atom stereocenters. The summed E-state index contributed by atoms with van der Waals surface area (Å²) >= 11 is 5.32. The van der Waals surface area contributed by atoms with Crippen LogP contribution in [0.4, 0.5) is 5.69 Å². The Morgan fingerprint density at radius 3 is 2.50 bits per heavy atom. The lowest BCUT2D eigenvalue weighted by molar-refractivity contribution is -0.908. The Labute approximate surface area is 173 Å². The molecule has 2 aliphatic heterocycles. The third-order valence-electron chi connectivity index (χ3n) is 5.18. The predicted molar refractivity (Wildman–Crippen MR) is 116 cm³/mol. The maximum Gasteiger partial charge on any atom is 0.186 e. The first kappa shape index (κ1) is 21.0. The van der Waals surface area contributed by atoms with Crippen molar-refractivity contribution in [3.05, 3.63) is 29.8 Å². The van der Waals surface area contributed by atoms with Gasteiger partial charge in [-0.3, -0.25) is 5.43 Å². The molecular weight excluding hydrogens is 374 g/mol. The Bertz CT molecular complexity index is 641. The van der Waals surface area contributed by atoms with Gasteiger partial charge in [0, 0.05) is 31.7 Å². The Morgan fingerprint density at radius 1 is 1.11 bits per heavy atom. The molecule has 0 aromatic heterocycles. The smallest absolute Gasteiger partial charge is 0.186 e. The van der Waals surface area contributed by atoms with Gasteiger partial charge in [-0.15, -0.1) is 0 Å². The van der Waals surface area contributed by atoms with E-state index in [4.69, 9.17) is 21.7 Å². The number of rotatable bonds is 7. The fraction of sp³-hybridized carbons (Fsp3) is 0.600. The maximum atomic E-state index is 5.41. The van der Waals surface area contributed by atoms with Crippen LogP contribution in [0.1, 0.15) is 18.9 Å². The summed E-state index contributed by atoms with van der Waals surface area (Å²) in [6.45, 7) is 11.5. The molecule has 2 aliphatic rings. The van der Waals surface area contributed by atoms with Crippen LogP contribution in [-0.2, 0) is 9.47 Å². The number of anilines is 1. The zero-order valence-corrected chi connectivity index (χ0v) is 17.5. The largest absolute Gasteiger partial charge is 0.378 e. The zero-order valence-electron chi connectivity index (χ0n) is 16.7. The summed E-state index contributed by atoms with van der Waals surface area (Å²) in [4.78, 5) is 3.96. The van der Waals surface area contributed by atoms with Crippen LogP contribution in [0, 0.1) is 0 Å². The summed E-state index contributed by atoms with van der Waals surface area (Å²) in [5, 5.41) is 8.21. The van der Waals surface area contributed by atoms with Gasteiger partial charge in [0.05, 0.1) is 38.7 Å². The number of nitrogens with zero attached hydrogens (tertiary/aromatic N) is 2. The molecule has 8 heteroatoms. The van der Waals surface area contributed by atoms with Crippen molar-refractivity contribution >= 4 is 28.7 Å². The van der Waals surface area contributed by atoms with E-state index in [1.807, 2.05) is 6.92 Å². The molecule has 3 rings (SSSR count). The zero-order chi connectivity index (χ0) is 19.6. The molecule has 2 heterocycles. The van der Waals surface area contributed by atoms with Crippen LogP contribution >= 0.6 is 12.2 Å². The number of morpholine rings is 2. The lowest BCUT2D eigenvalue weighted by atomic mass is 10.1. The maximum absolute atomic E-state index is 5.41. The molecular formula is C20H32N5O2S+. The van der Waals surface area contributed by atoms with E-state index >= 15 is 0 Å². The average Bonchev–Trinajstić information content (AvgIpc) is 2.76. The molecule has 0 bridgehead atoms. The quantitative estimate of drug-likeness (QED) is 0.257. The molecule has 7 nitrogen and oxygen atoms in total. The normalized spacial score (nSPS) is 18.8. The van der Waals surface area contributed by atoms with E-state index in [0.29, 0.717) is 5.11 Å². The van der Waals surface area contributed by atoms with Crippen molar-refractivity contribution in [2.75, 3.05) is 70.6 Å². The Hall–Kier alpha value is -1.74. The summed E-state index contributed by atoms with van der Waals surface area (Å²) in [6.07, 6.45) is 1.09. The predicted octanol–water partition coefficient (Wildman–Crippen LogP) is 0.0165. The highest BCUT2D eigenvalue weighted by atomic mass is 32.1. The van der Waals surface area contributed by atoms with Gasteiger partial charge in [-0.2, -0.15) is 5.10 Å². The molecule has 0 saturated carbocycles. The molecule has 154 valence electrons. The number of hydrogen-bond donors (Lipinski definition) is 3. The van der Waals surface area contributed by atoms with Gasteiger partial charge in [0.15, 0.2) is 5.11 Å². The molecule has 2 saturated heterocycles. The van der Waals surface area contributed by atoms with E-state index in [1.54, 1.807) is 4.90 Å². The van der Waals surface area contributed by atoms with Crippen molar-refractivity contribution < 1.29 is 14.4 Å². The van der Waals surface area contributed by atoms with E-state index in [9.17, 15) is 0 Å². The molecule has 2 fully saturated rings. The fourth-order valence-corrected chi connectivity index (χ4v) is 3.57. The molecule has 3 N–H and O–H groups in total. The molecule has 0 unspecified atom stereocenters. The van der Waals surface area contributed by atoms with Crippen LogP contribution in [-0.4, -0.2) is 76.5 Å². The summed E-state index contributed by atoms with van der Waals surface area (Å²) in [7, 11) is 0. The topological polar surface area (TPSA) is 62.6 Å². The highest BCUT2D eigenvalue weighted by Crippen LogP contribution is 2.17. The van der Waals surface area contributed by atoms with Crippen LogP contribution in [0.15, 0.2) is 29.4 Å². The number of thiocarbonyl (C=S) groups is 1. The molecule has 0 aliphatic carbocycles. The second-order valence-corrected chi connectivity index (χ2v) is 7.59. The first-order chi connectivity index (χ1) is 13.7. The lowest BCUT2D eigenvalue weighted by Crippen LogP contribution is -3.14. The standard InChI is InChI=1S/C20H31N5O2S/c1-17(18-3-5-19(6-4-18)25-11-15-27-16-12-25)22-23-20(28)21-7-2-8-24-9-13-26-14-10-24/h3-6H,2,7-16H2,1H3,(H2,21,23,28)/p+1/b22-17-. The monoisotopic (exact) mass is 406 g/mol. The van der Waals surface area contributed by atoms with Gasteiger partial charge < -0.3 is 24.6 Å². The molecule has 0 spiro atoms. The minimum atomic E-state index is 0.571. The van der Waals surface area contributed by atoms with Gasteiger partial charge in [0.1, 0.15) is 13.1 Å². The van der Waals surface area contributed by atoms with Crippen molar-refractivity contribution in [1.82, 2.24) is 10.7 Å². The Morgan fingerprint density at radius 2 is 1.79 bits per heavy atom. The Kier molecular flexibility index (Phi) is 8.47. The van der Waals surface area contributed by atoms with E-state index < -0.39 is 0 Å². The van der Waals surface area contributed by atoms with Gasteiger partial charge in [0.2, 0.25) is 0 Å². The summed E-state index contributed by atoms with van der Waals surface area (Å²) in [6, 6.07) is 8.49. The summed E-state index contributed by atoms with van der Waals surface area (Å²) < 4.78 is 10.8. The van der Waals surface area contributed by atoms with Crippen molar-refractivity contribution in [2.45, 2.75) is 13.3 Å². The summed E-state index contributed by atoms with van der Waals surface area (Å²) in [5.41, 5.74) is 6.18. The van der Waals surface area contributed by atoms with Gasteiger partial charge in [-0.25, -0.2) is 0 Å². The third kappa shape index (κ3) is 6.70. The molecule has 1 aromatic rings. The van der Waals surface area contributed by atoms with Crippen molar-refractivity contribution in [3.8, 4) is 0 Å². The third-order valence-corrected chi connectivity index (χ3v) is 5.41. The first-order valence-corrected chi connectivity index (χ1v) is 10.6. The van der Waals surface area contributed by atoms with Crippen molar-refractivity contribution in [3.63, 3.8) is 0 Å². The number of ether oxygens (including phenoxy) is 2. The van der Waals surface area contributed by atoms with E-state index in [1.165, 1.54) is 5.69 Å². The SMILES string of the molecule is C/C(=N/NC(=S)NCCC[NH+]1CCOCC1)c1ccc(N2CCOCC2)cc1. The van der Waals surface area contributed by atoms with Gasteiger partial charge >= 0.3 is 0 Å². The minimum Gasteiger partial charge on any atom is -0.378 e. The van der Waals surface area contributed by atoms with Crippen molar-refractivity contribution in [1.29, 1.82) is 0 Å². The highest BCUT2D eigenvalue weighted by Gasteiger charge is 2.13. The number of benzene rings is 1. The fourth-order valence-electron chi connectivity index (χ4n) is 3.42. The Balaban J connectivity index is 1.37. The average molecular weight is 407 g/mol. The second-order valence-electron chi connectivity index (χ2n) is 7.18. The molecule has 1 aromatic carbocycles.